The highest BCUT2D eigenvalue weighted by Crippen LogP contribution is 2.15. The van der Waals surface area contributed by atoms with Crippen LogP contribution < -0.4 is 15.5 Å². The van der Waals surface area contributed by atoms with Crippen LogP contribution >= 0.6 is 23.2 Å². The van der Waals surface area contributed by atoms with Crippen molar-refractivity contribution in [2.24, 2.45) is 11.0 Å². The van der Waals surface area contributed by atoms with Crippen molar-refractivity contribution in [1.29, 1.82) is 0 Å². The number of rotatable bonds is 9. The predicted octanol–water partition coefficient (Wildman–Crippen LogP) is 5.48. The lowest BCUT2D eigenvalue weighted by Gasteiger charge is -2.20. The quantitative estimate of drug-likeness (QED) is 0.303. The molecule has 0 aliphatic heterocycles. The Labute approximate surface area is 208 Å². The third-order valence-electron chi connectivity index (χ3n) is 4.91. The first-order valence-corrected chi connectivity index (χ1v) is 11.4. The Morgan fingerprint density at radius 2 is 1.68 bits per heavy atom. The van der Waals surface area contributed by atoms with Gasteiger partial charge >= 0.3 is 0 Å². The lowest BCUT2D eigenvalue weighted by atomic mass is 10.0. The number of nitrogens with one attached hydrogen (secondary N) is 2. The number of hydrogen-bond donors (Lipinski definition) is 2. The van der Waals surface area contributed by atoms with Crippen molar-refractivity contribution in [3.05, 3.63) is 99.5 Å². The highest BCUT2D eigenvalue weighted by Gasteiger charge is 2.24. The summed E-state index contributed by atoms with van der Waals surface area (Å²) in [5.74, 6) is -0.228. The highest BCUT2D eigenvalue weighted by atomic mass is 35.5. The summed E-state index contributed by atoms with van der Waals surface area (Å²) in [6.07, 6.45) is 1.52. The molecule has 1 atom stereocenters. The molecule has 0 heterocycles. The second-order valence-electron chi connectivity index (χ2n) is 7.92. The zero-order chi connectivity index (χ0) is 24.5. The molecule has 0 saturated carbocycles. The summed E-state index contributed by atoms with van der Waals surface area (Å²) in [7, 11) is 0. The smallest absolute Gasteiger partial charge is 0.262 e. The Kier molecular flexibility index (Phi) is 9.08. The summed E-state index contributed by atoms with van der Waals surface area (Å²) < 4.78 is 5.76. The zero-order valence-electron chi connectivity index (χ0n) is 18.8. The largest absolute Gasteiger partial charge is 0.489 e. The molecule has 2 N–H and O–H groups in total. The molecule has 3 aromatic rings. The van der Waals surface area contributed by atoms with Crippen molar-refractivity contribution < 1.29 is 14.3 Å². The van der Waals surface area contributed by atoms with Gasteiger partial charge in [0.05, 0.1) is 6.21 Å². The normalized spacial score (nSPS) is 11.9. The van der Waals surface area contributed by atoms with E-state index in [1.807, 2.05) is 62.4 Å². The summed E-state index contributed by atoms with van der Waals surface area (Å²) in [6, 6.07) is 20.5. The van der Waals surface area contributed by atoms with E-state index in [4.69, 9.17) is 27.9 Å². The molecule has 3 rings (SSSR count). The third-order valence-corrected chi connectivity index (χ3v) is 5.40. The summed E-state index contributed by atoms with van der Waals surface area (Å²) in [4.78, 5) is 25.1. The van der Waals surface area contributed by atoms with Crippen LogP contribution in [0.5, 0.6) is 5.75 Å². The third kappa shape index (κ3) is 7.61. The SMILES string of the molecule is CC(C)C(NC(=O)c1cccc(Cl)c1)C(=O)N/N=C\c1ccc(OCc2ccc(Cl)cc2)cc1. The molecular weight excluding hydrogens is 473 g/mol. The molecule has 6 nitrogen and oxygen atoms in total. The molecule has 0 fully saturated rings. The predicted molar refractivity (Wildman–Crippen MR) is 136 cm³/mol. The topological polar surface area (TPSA) is 79.8 Å². The van der Waals surface area contributed by atoms with Gasteiger partial charge in [-0.1, -0.05) is 55.2 Å². The standard InChI is InChI=1S/C26H25Cl2N3O3/c1-17(2)24(30-25(32)20-4-3-5-22(28)14-20)26(33)31-29-15-18-8-12-23(13-9-18)34-16-19-6-10-21(27)11-7-19/h3-15,17,24H,16H2,1-2H3,(H,30,32)(H,31,33)/b29-15-. The molecule has 0 saturated heterocycles. The maximum Gasteiger partial charge on any atom is 0.262 e. The van der Waals surface area contributed by atoms with Gasteiger partial charge in [0.2, 0.25) is 0 Å². The molecule has 0 bridgehead atoms. The number of amides is 2. The second kappa shape index (κ2) is 12.2. The minimum atomic E-state index is -0.757. The Morgan fingerprint density at radius 1 is 0.971 bits per heavy atom. The van der Waals surface area contributed by atoms with E-state index in [1.54, 1.807) is 24.3 Å². The first-order valence-electron chi connectivity index (χ1n) is 10.7. The number of carbonyl (C=O) groups excluding carboxylic acids is 2. The number of hydrazone groups is 1. The molecule has 3 aromatic carbocycles. The van der Waals surface area contributed by atoms with E-state index < -0.39 is 11.9 Å². The molecule has 0 radical (unpaired) electrons. The van der Waals surface area contributed by atoms with Gasteiger partial charge in [-0.05, 0) is 71.6 Å². The van der Waals surface area contributed by atoms with Crippen LogP contribution in [0.2, 0.25) is 10.0 Å². The number of ether oxygens (including phenoxy) is 1. The van der Waals surface area contributed by atoms with E-state index in [-0.39, 0.29) is 11.8 Å². The molecule has 0 aliphatic carbocycles. The van der Waals surface area contributed by atoms with Gasteiger partial charge in [0, 0.05) is 15.6 Å². The van der Waals surface area contributed by atoms with E-state index >= 15 is 0 Å². The van der Waals surface area contributed by atoms with Gasteiger partial charge < -0.3 is 10.1 Å². The van der Waals surface area contributed by atoms with E-state index in [2.05, 4.69) is 15.8 Å². The molecular formula is C26H25Cl2N3O3. The lowest BCUT2D eigenvalue weighted by molar-refractivity contribution is -0.123. The van der Waals surface area contributed by atoms with Crippen molar-refractivity contribution in [3.8, 4) is 5.75 Å². The maximum absolute atomic E-state index is 12.6. The fourth-order valence-corrected chi connectivity index (χ4v) is 3.34. The average Bonchev–Trinajstić information content (AvgIpc) is 2.82. The highest BCUT2D eigenvalue weighted by molar-refractivity contribution is 6.31. The van der Waals surface area contributed by atoms with Gasteiger partial charge in [0.1, 0.15) is 18.4 Å². The van der Waals surface area contributed by atoms with Crippen LogP contribution in [0, 0.1) is 5.92 Å². The van der Waals surface area contributed by atoms with E-state index in [1.165, 1.54) is 6.21 Å². The van der Waals surface area contributed by atoms with Gasteiger partial charge in [-0.2, -0.15) is 5.10 Å². The van der Waals surface area contributed by atoms with Crippen molar-refractivity contribution in [2.75, 3.05) is 0 Å². The Hall–Kier alpha value is -3.35. The van der Waals surface area contributed by atoms with Crippen LogP contribution in [0.15, 0.2) is 77.9 Å². The van der Waals surface area contributed by atoms with Gasteiger partial charge in [0.15, 0.2) is 0 Å². The molecule has 0 aromatic heterocycles. The summed E-state index contributed by atoms with van der Waals surface area (Å²) in [5.41, 5.74) is 4.67. The molecule has 0 spiro atoms. The van der Waals surface area contributed by atoms with Gasteiger partial charge in [-0.3, -0.25) is 9.59 Å². The summed E-state index contributed by atoms with van der Waals surface area (Å²) >= 11 is 11.8. The first-order chi connectivity index (χ1) is 16.3. The Morgan fingerprint density at radius 3 is 2.32 bits per heavy atom. The van der Waals surface area contributed by atoms with Crippen LogP contribution in [-0.4, -0.2) is 24.1 Å². The van der Waals surface area contributed by atoms with Crippen molar-refractivity contribution in [2.45, 2.75) is 26.5 Å². The van der Waals surface area contributed by atoms with Crippen molar-refractivity contribution >= 4 is 41.2 Å². The Bertz CT molecular complexity index is 1150. The minimum absolute atomic E-state index is 0.143. The summed E-state index contributed by atoms with van der Waals surface area (Å²) in [5, 5.41) is 7.89. The number of hydrogen-bond acceptors (Lipinski definition) is 4. The maximum atomic E-state index is 12.6. The van der Waals surface area contributed by atoms with Gasteiger partial charge in [-0.15, -0.1) is 0 Å². The van der Waals surface area contributed by atoms with Crippen LogP contribution in [-0.2, 0) is 11.4 Å². The molecule has 176 valence electrons. The molecule has 0 aliphatic rings. The number of benzene rings is 3. The molecule has 1 unspecified atom stereocenters. The molecule has 8 heteroatoms. The van der Waals surface area contributed by atoms with Crippen molar-refractivity contribution in [1.82, 2.24) is 10.7 Å². The van der Waals surface area contributed by atoms with E-state index in [0.29, 0.717) is 28.0 Å². The molecule has 2 amide bonds. The van der Waals surface area contributed by atoms with Crippen LogP contribution in [0.25, 0.3) is 0 Å². The van der Waals surface area contributed by atoms with Crippen LogP contribution in [0.3, 0.4) is 0 Å². The second-order valence-corrected chi connectivity index (χ2v) is 8.80. The molecule has 34 heavy (non-hydrogen) atoms. The van der Waals surface area contributed by atoms with Gasteiger partial charge in [0.25, 0.3) is 11.8 Å². The average molecular weight is 498 g/mol. The van der Waals surface area contributed by atoms with Crippen molar-refractivity contribution in [3.63, 3.8) is 0 Å². The fourth-order valence-electron chi connectivity index (χ4n) is 3.03. The van der Waals surface area contributed by atoms with E-state index in [9.17, 15) is 9.59 Å². The lowest BCUT2D eigenvalue weighted by Crippen LogP contribution is -2.48. The van der Waals surface area contributed by atoms with Crippen LogP contribution in [0.4, 0.5) is 0 Å². The van der Waals surface area contributed by atoms with E-state index in [0.717, 1.165) is 11.1 Å². The number of nitrogens with zero attached hydrogens (tertiary/aromatic N) is 1. The number of halogens is 2. The first kappa shape index (κ1) is 25.3. The summed E-state index contributed by atoms with van der Waals surface area (Å²) in [6.45, 7) is 4.11. The zero-order valence-corrected chi connectivity index (χ0v) is 20.3. The monoisotopic (exact) mass is 497 g/mol. The Balaban J connectivity index is 1.52. The number of carbonyl (C=O) groups is 2. The van der Waals surface area contributed by atoms with Gasteiger partial charge in [-0.25, -0.2) is 5.43 Å². The van der Waals surface area contributed by atoms with Crippen LogP contribution in [0.1, 0.15) is 35.3 Å². The minimum Gasteiger partial charge on any atom is -0.489 e. The fraction of sp³-hybridized carbons (Fsp3) is 0.192.